The van der Waals surface area contributed by atoms with Crippen molar-refractivity contribution in [1.82, 2.24) is 0 Å². The van der Waals surface area contributed by atoms with Gasteiger partial charge >= 0.3 is 0 Å². The van der Waals surface area contributed by atoms with E-state index in [1.54, 1.807) is 0 Å². The van der Waals surface area contributed by atoms with Crippen molar-refractivity contribution in [2.24, 2.45) is 11.8 Å². The second kappa shape index (κ2) is 3.75. The number of carbonyl (C=O) groups is 1. The third-order valence-corrected chi connectivity index (χ3v) is 2.61. The van der Waals surface area contributed by atoms with E-state index in [1.165, 1.54) is 32.1 Å². The molecule has 1 rings (SSSR count). The van der Waals surface area contributed by atoms with Crippen molar-refractivity contribution in [1.29, 1.82) is 0 Å². The van der Waals surface area contributed by atoms with E-state index in [1.807, 2.05) is 6.92 Å². The number of hydrogen-bond donors (Lipinski definition) is 0. The van der Waals surface area contributed by atoms with Crippen LogP contribution in [0.25, 0.3) is 0 Å². The van der Waals surface area contributed by atoms with Crippen molar-refractivity contribution in [3.8, 4) is 0 Å². The Hall–Kier alpha value is -0.330. The van der Waals surface area contributed by atoms with Crippen LogP contribution in [0, 0.1) is 11.8 Å². The fraction of sp³-hybridized carbons (Fsp3) is 0.889. The molecule has 0 bridgehead atoms. The lowest BCUT2D eigenvalue weighted by molar-refractivity contribution is -0.112. The molecule has 0 spiro atoms. The Morgan fingerprint density at radius 3 is 2.40 bits per heavy atom. The third-order valence-electron chi connectivity index (χ3n) is 2.61. The maximum atomic E-state index is 10.4. The largest absolute Gasteiger partial charge is 0.303 e. The highest BCUT2D eigenvalue weighted by Crippen LogP contribution is 2.28. The fourth-order valence-electron chi connectivity index (χ4n) is 1.77. The van der Waals surface area contributed by atoms with Crippen molar-refractivity contribution in [2.75, 3.05) is 0 Å². The highest BCUT2D eigenvalue weighted by molar-refractivity contribution is 5.53. The summed E-state index contributed by atoms with van der Waals surface area (Å²) in [5, 5.41) is 0. The van der Waals surface area contributed by atoms with Gasteiger partial charge in [-0.25, -0.2) is 0 Å². The second-order valence-corrected chi connectivity index (χ2v) is 3.39. The summed E-state index contributed by atoms with van der Waals surface area (Å²) in [5.41, 5.74) is 0. The molecule has 1 aliphatic rings. The topological polar surface area (TPSA) is 17.1 Å². The molecule has 1 unspecified atom stereocenters. The summed E-state index contributed by atoms with van der Waals surface area (Å²) >= 11 is 0. The molecule has 10 heavy (non-hydrogen) atoms. The SMILES string of the molecule is CC(C=O)C1CCCCC1. The molecule has 0 saturated heterocycles. The fourth-order valence-corrected chi connectivity index (χ4v) is 1.77. The van der Waals surface area contributed by atoms with E-state index in [-0.39, 0.29) is 0 Å². The maximum absolute atomic E-state index is 10.4. The minimum Gasteiger partial charge on any atom is -0.303 e. The van der Waals surface area contributed by atoms with Crippen molar-refractivity contribution >= 4 is 6.29 Å². The zero-order valence-corrected chi connectivity index (χ0v) is 6.68. The highest BCUT2D eigenvalue weighted by atomic mass is 16.1. The number of rotatable bonds is 2. The van der Waals surface area contributed by atoms with Gasteiger partial charge in [-0.1, -0.05) is 26.2 Å². The molecule has 1 saturated carbocycles. The van der Waals surface area contributed by atoms with Gasteiger partial charge < -0.3 is 4.79 Å². The van der Waals surface area contributed by atoms with Crippen LogP contribution in [0.2, 0.25) is 0 Å². The lowest BCUT2D eigenvalue weighted by Crippen LogP contribution is -2.15. The lowest BCUT2D eigenvalue weighted by atomic mass is 9.82. The van der Waals surface area contributed by atoms with Gasteiger partial charge in [-0.15, -0.1) is 0 Å². The average molecular weight is 140 g/mol. The first-order valence-corrected chi connectivity index (χ1v) is 4.30. The second-order valence-electron chi connectivity index (χ2n) is 3.39. The summed E-state index contributed by atoms with van der Waals surface area (Å²) in [6.45, 7) is 2.04. The summed E-state index contributed by atoms with van der Waals surface area (Å²) < 4.78 is 0. The zero-order chi connectivity index (χ0) is 7.40. The Bertz CT molecular complexity index is 103. The zero-order valence-electron chi connectivity index (χ0n) is 6.68. The molecule has 0 aromatic carbocycles. The van der Waals surface area contributed by atoms with Gasteiger partial charge in [-0.3, -0.25) is 0 Å². The van der Waals surface area contributed by atoms with Gasteiger partial charge in [-0.2, -0.15) is 0 Å². The first-order chi connectivity index (χ1) is 4.84. The van der Waals surface area contributed by atoms with E-state index in [2.05, 4.69) is 0 Å². The van der Waals surface area contributed by atoms with Crippen LogP contribution in [-0.2, 0) is 4.79 Å². The van der Waals surface area contributed by atoms with Crippen LogP contribution >= 0.6 is 0 Å². The van der Waals surface area contributed by atoms with Crippen molar-refractivity contribution in [3.63, 3.8) is 0 Å². The van der Waals surface area contributed by atoms with Gasteiger partial charge in [0.1, 0.15) is 6.29 Å². The predicted molar refractivity (Wildman–Crippen MR) is 41.8 cm³/mol. The summed E-state index contributed by atoms with van der Waals surface area (Å²) in [5.74, 6) is 1.01. The predicted octanol–water partition coefficient (Wildman–Crippen LogP) is 2.40. The molecule has 1 nitrogen and oxygen atoms in total. The number of hydrogen-bond acceptors (Lipinski definition) is 1. The van der Waals surface area contributed by atoms with Crippen molar-refractivity contribution in [3.05, 3.63) is 0 Å². The van der Waals surface area contributed by atoms with Crippen LogP contribution in [0.3, 0.4) is 0 Å². The van der Waals surface area contributed by atoms with E-state index >= 15 is 0 Å². The van der Waals surface area contributed by atoms with Crippen LogP contribution in [0.4, 0.5) is 0 Å². The normalized spacial score (nSPS) is 24.1. The van der Waals surface area contributed by atoms with E-state index in [4.69, 9.17) is 0 Å². The van der Waals surface area contributed by atoms with E-state index in [0.717, 1.165) is 6.29 Å². The molecular formula is C9H16O. The molecule has 1 atom stereocenters. The Labute approximate surface area is 62.8 Å². The van der Waals surface area contributed by atoms with Gasteiger partial charge in [-0.05, 0) is 18.8 Å². The van der Waals surface area contributed by atoms with E-state index < -0.39 is 0 Å². The monoisotopic (exact) mass is 140 g/mol. The lowest BCUT2D eigenvalue weighted by Gasteiger charge is -2.23. The van der Waals surface area contributed by atoms with E-state index in [0.29, 0.717) is 11.8 Å². The number of aldehydes is 1. The van der Waals surface area contributed by atoms with Gasteiger partial charge in [0.15, 0.2) is 0 Å². The third kappa shape index (κ3) is 1.83. The molecule has 58 valence electrons. The number of carbonyl (C=O) groups excluding carboxylic acids is 1. The first kappa shape index (κ1) is 7.77. The molecule has 0 aromatic heterocycles. The van der Waals surface area contributed by atoms with Crippen LogP contribution in [-0.4, -0.2) is 6.29 Å². The Balaban J connectivity index is 2.30. The highest BCUT2D eigenvalue weighted by Gasteiger charge is 2.18. The summed E-state index contributed by atoms with van der Waals surface area (Å²) in [6.07, 6.45) is 7.71. The summed E-state index contributed by atoms with van der Waals surface area (Å²) in [6, 6.07) is 0. The molecule has 1 aliphatic carbocycles. The molecule has 1 fully saturated rings. The van der Waals surface area contributed by atoms with Crippen molar-refractivity contribution in [2.45, 2.75) is 39.0 Å². The smallest absolute Gasteiger partial charge is 0.123 e. The molecule has 0 amide bonds. The molecule has 0 heterocycles. The molecule has 0 aromatic rings. The Kier molecular flexibility index (Phi) is 2.91. The van der Waals surface area contributed by atoms with Crippen LogP contribution in [0.15, 0.2) is 0 Å². The maximum Gasteiger partial charge on any atom is 0.123 e. The summed E-state index contributed by atoms with van der Waals surface area (Å²) in [7, 11) is 0. The van der Waals surface area contributed by atoms with Crippen molar-refractivity contribution < 1.29 is 4.79 Å². The van der Waals surface area contributed by atoms with Crippen LogP contribution in [0.5, 0.6) is 0 Å². The Morgan fingerprint density at radius 2 is 1.90 bits per heavy atom. The first-order valence-electron chi connectivity index (χ1n) is 4.30. The quantitative estimate of drug-likeness (QED) is 0.538. The molecule has 0 N–H and O–H groups in total. The van der Waals surface area contributed by atoms with Gasteiger partial charge in [0, 0.05) is 5.92 Å². The minimum absolute atomic E-state index is 0.306. The molecular weight excluding hydrogens is 124 g/mol. The van der Waals surface area contributed by atoms with Gasteiger partial charge in [0.2, 0.25) is 0 Å². The van der Waals surface area contributed by atoms with Crippen LogP contribution in [0.1, 0.15) is 39.0 Å². The molecule has 0 radical (unpaired) electrons. The Morgan fingerprint density at radius 1 is 1.30 bits per heavy atom. The standard InChI is InChI=1S/C9H16O/c1-8(7-10)9-5-3-2-4-6-9/h7-9H,2-6H2,1H3. The minimum atomic E-state index is 0.306. The average Bonchev–Trinajstić information content (AvgIpc) is 2.05. The molecule has 0 aliphatic heterocycles. The van der Waals surface area contributed by atoms with Gasteiger partial charge in [0.05, 0.1) is 0 Å². The van der Waals surface area contributed by atoms with E-state index in [9.17, 15) is 4.79 Å². The van der Waals surface area contributed by atoms with Crippen LogP contribution < -0.4 is 0 Å². The van der Waals surface area contributed by atoms with Gasteiger partial charge in [0.25, 0.3) is 0 Å². The molecule has 1 heteroatoms. The summed E-state index contributed by atoms with van der Waals surface area (Å²) in [4.78, 5) is 10.4.